The van der Waals surface area contributed by atoms with Crippen molar-refractivity contribution in [2.24, 2.45) is 0 Å². The number of hydrogen-bond acceptors (Lipinski definition) is 11. The van der Waals surface area contributed by atoms with E-state index in [0.29, 0.717) is 17.9 Å². The fourth-order valence-corrected chi connectivity index (χ4v) is 6.79. The van der Waals surface area contributed by atoms with Crippen molar-refractivity contribution in [3.05, 3.63) is 98.8 Å². The van der Waals surface area contributed by atoms with Crippen LogP contribution in [0.4, 0.5) is 0 Å². The molecule has 0 radical (unpaired) electrons. The highest BCUT2D eigenvalue weighted by atomic mass is 31.3. The fraction of sp³-hybridized carbons (Fsp3) is 0.320. The molecular weight excluding hydrogens is 598 g/mol. The third-order valence-electron chi connectivity index (χ3n) is 5.94. The van der Waals surface area contributed by atoms with Gasteiger partial charge in [0.2, 0.25) is 0 Å². The van der Waals surface area contributed by atoms with Gasteiger partial charge in [0, 0.05) is 12.3 Å². The van der Waals surface area contributed by atoms with Gasteiger partial charge in [-0.25, -0.2) is 18.5 Å². The van der Waals surface area contributed by atoms with E-state index in [1.807, 2.05) is 4.98 Å². The number of carbonyl (C=O) groups excluding carboxylic acids is 1. The van der Waals surface area contributed by atoms with E-state index < -0.39 is 69.9 Å². The van der Waals surface area contributed by atoms with Crippen LogP contribution < -0.4 is 16.0 Å². The predicted octanol–water partition coefficient (Wildman–Crippen LogP) is 1.94. The maximum Gasteiger partial charge on any atom is 0.479 e. The Morgan fingerprint density at radius 2 is 1.74 bits per heavy atom. The number of ether oxygens (including phenoxy) is 3. The molecule has 0 amide bonds. The summed E-state index contributed by atoms with van der Waals surface area (Å²) in [7, 11) is -9.92. The lowest BCUT2D eigenvalue weighted by molar-refractivity contribution is -0.0596. The second-order valence-electron chi connectivity index (χ2n) is 9.03. The summed E-state index contributed by atoms with van der Waals surface area (Å²) in [5.41, 5.74) is -1.23. The molecule has 3 aromatic rings. The smallest absolute Gasteiger partial charge is 0.479 e. The van der Waals surface area contributed by atoms with Crippen molar-refractivity contribution in [3.63, 3.8) is 0 Å². The van der Waals surface area contributed by atoms with E-state index in [4.69, 9.17) is 18.7 Å². The highest BCUT2D eigenvalue weighted by Crippen LogP contribution is 2.61. The minimum absolute atomic E-state index is 0.122. The van der Waals surface area contributed by atoms with Gasteiger partial charge in [0.25, 0.3) is 5.56 Å². The first-order valence-electron chi connectivity index (χ1n) is 12.5. The Hall–Kier alpha value is -3.39. The van der Waals surface area contributed by atoms with Gasteiger partial charge in [-0.1, -0.05) is 30.3 Å². The van der Waals surface area contributed by atoms with Gasteiger partial charge in [-0.15, -0.1) is 0 Å². The van der Waals surface area contributed by atoms with E-state index in [1.165, 1.54) is 24.3 Å². The van der Waals surface area contributed by atoms with E-state index in [9.17, 15) is 38.4 Å². The molecule has 6 unspecified atom stereocenters. The number of aliphatic hydroxyl groups is 1. The Bertz CT molecular complexity index is 1590. The molecule has 17 heteroatoms. The molecule has 6 atom stereocenters. The van der Waals surface area contributed by atoms with Crippen LogP contribution in [-0.2, 0) is 33.6 Å². The number of phosphoric acid groups is 1. The number of esters is 1. The van der Waals surface area contributed by atoms with E-state index >= 15 is 0 Å². The standard InChI is InChI=1S/C25H28N2O13P2/c1-2-36-18-10-8-16(9-11-18)15-41(32,33)40-42(34,35)37-14-19-21(29)22(39-24(30)17-6-4-3-5-7-17)23(38-19)27-13-12-20(28)26-25(27)31/h3-13,19,21-23,29H,2,14-15H2,1H3,(H,32,33)(H,34,35)(H,26,28,31). The van der Waals surface area contributed by atoms with Gasteiger partial charge in [0.15, 0.2) is 12.3 Å². The van der Waals surface area contributed by atoms with Crippen molar-refractivity contribution < 1.29 is 51.9 Å². The highest BCUT2D eigenvalue weighted by Gasteiger charge is 2.49. The number of hydrogen-bond donors (Lipinski definition) is 4. The van der Waals surface area contributed by atoms with Gasteiger partial charge in [-0.3, -0.25) is 23.4 Å². The van der Waals surface area contributed by atoms with Crippen molar-refractivity contribution in [1.29, 1.82) is 0 Å². The lowest BCUT2D eigenvalue weighted by atomic mass is 10.1. The van der Waals surface area contributed by atoms with Gasteiger partial charge in [-0.05, 0) is 36.8 Å². The number of aromatic amines is 1. The zero-order valence-corrected chi connectivity index (χ0v) is 23.8. The second-order valence-corrected chi connectivity index (χ2v) is 12.5. The average molecular weight is 626 g/mol. The maximum absolute atomic E-state index is 12.7. The van der Waals surface area contributed by atoms with Crippen LogP contribution in [0.25, 0.3) is 0 Å². The van der Waals surface area contributed by atoms with Crippen LogP contribution in [0.15, 0.2) is 76.4 Å². The summed E-state index contributed by atoms with van der Waals surface area (Å²) in [5, 5.41) is 10.9. The first-order valence-corrected chi connectivity index (χ1v) is 15.8. The molecule has 1 saturated heterocycles. The van der Waals surface area contributed by atoms with Crippen LogP contribution in [0.1, 0.15) is 29.1 Å². The first kappa shape index (κ1) is 31.5. The predicted molar refractivity (Wildman–Crippen MR) is 145 cm³/mol. The first-order chi connectivity index (χ1) is 19.9. The Kier molecular flexibility index (Phi) is 9.97. The number of benzene rings is 2. The van der Waals surface area contributed by atoms with Crippen LogP contribution in [0, 0.1) is 0 Å². The van der Waals surface area contributed by atoms with Crippen LogP contribution in [0.3, 0.4) is 0 Å². The summed E-state index contributed by atoms with van der Waals surface area (Å²) in [4.78, 5) is 59.0. The second kappa shape index (κ2) is 13.3. The molecule has 1 aliphatic rings. The summed E-state index contributed by atoms with van der Waals surface area (Å²) in [5.74, 6) is -0.352. The third-order valence-corrected chi connectivity index (χ3v) is 9.03. The maximum atomic E-state index is 12.7. The minimum Gasteiger partial charge on any atom is -0.494 e. The van der Waals surface area contributed by atoms with E-state index in [1.54, 1.807) is 37.3 Å². The molecule has 2 heterocycles. The molecule has 1 fully saturated rings. The summed E-state index contributed by atoms with van der Waals surface area (Å²) in [6, 6.07) is 14.8. The number of H-pyrrole nitrogens is 1. The number of nitrogens with one attached hydrogen (secondary N) is 1. The molecule has 4 N–H and O–H groups in total. The van der Waals surface area contributed by atoms with Crippen molar-refractivity contribution in [2.75, 3.05) is 13.2 Å². The molecule has 42 heavy (non-hydrogen) atoms. The molecule has 0 saturated carbocycles. The SMILES string of the molecule is CCOc1ccc(CP(=O)(O)OP(=O)(O)OCC2OC(n3ccc(=O)[nH]c3=O)C(OC(=O)c3ccccc3)C2O)cc1. The molecule has 15 nitrogen and oxygen atoms in total. The molecule has 4 rings (SSSR count). The molecule has 1 aliphatic heterocycles. The number of carbonyl (C=O) groups is 1. The highest BCUT2D eigenvalue weighted by molar-refractivity contribution is 7.63. The molecule has 226 valence electrons. The largest absolute Gasteiger partial charge is 0.494 e. The monoisotopic (exact) mass is 626 g/mol. The normalized spacial score (nSPS) is 23.0. The molecule has 2 aromatic carbocycles. The van der Waals surface area contributed by atoms with Crippen LogP contribution >= 0.6 is 15.4 Å². The van der Waals surface area contributed by atoms with Crippen LogP contribution in [0.5, 0.6) is 5.75 Å². The van der Waals surface area contributed by atoms with Gasteiger partial charge in [0.1, 0.15) is 18.0 Å². The Morgan fingerprint density at radius 1 is 1.05 bits per heavy atom. The topological polar surface area (TPSA) is 213 Å². The molecule has 1 aromatic heterocycles. The minimum atomic E-state index is -5.21. The van der Waals surface area contributed by atoms with E-state index in [-0.39, 0.29) is 5.56 Å². The summed E-state index contributed by atoms with van der Waals surface area (Å²) < 4.78 is 51.7. The summed E-state index contributed by atoms with van der Waals surface area (Å²) >= 11 is 0. The average Bonchev–Trinajstić information content (AvgIpc) is 3.23. The van der Waals surface area contributed by atoms with Gasteiger partial charge < -0.3 is 29.1 Å². The van der Waals surface area contributed by atoms with Gasteiger partial charge >= 0.3 is 27.1 Å². The number of aliphatic hydroxyl groups excluding tert-OH is 1. The van der Waals surface area contributed by atoms with Crippen molar-refractivity contribution >= 4 is 21.4 Å². The number of nitrogens with zero attached hydrogens (tertiary/aromatic N) is 1. The molecule has 0 spiro atoms. The van der Waals surface area contributed by atoms with E-state index in [0.717, 1.165) is 16.8 Å². The van der Waals surface area contributed by atoms with Gasteiger partial charge in [-0.2, -0.15) is 0 Å². The van der Waals surface area contributed by atoms with Crippen molar-refractivity contribution in [1.82, 2.24) is 9.55 Å². The number of rotatable bonds is 12. The van der Waals surface area contributed by atoms with Gasteiger partial charge in [0.05, 0.1) is 24.9 Å². The molecule has 0 bridgehead atoms. The zero-order valence-electron chi connectivity index (χ0n) is 22.0. The zero-order chi connectivity index (χ0) is 30.5. The van der Waals surface area contributed by atoms with Crippen molar-refractivity contribution in [2.45, 2.75) is 37.6 Å². The van der Waals surface area contributed by atoms with Crippen molar-refractivity contribution in [3.8, 4) is 5.75 Å². The Balaban J connectivity index is 1.46. The fourth-order valence-electron chi connectivity index (χ4n) is 4.07. The Labute approximate surface area is 238 Å². The Morgan fingerprint density at radius 3 is 2.38 bits per heavy atom. The summed E-state index contributed by atoms with van der Waals surface area (Å²) in [6.45, 7) is 1.33. The quantitative estimate of drug-likeness (QED) is 0.167. The number of aromatic nitrogens is 2. The molecular formula is C25H28N2O13P2. The van der Waals surface area contributed by atoms with Crippen LogP contribution in [-0.4, -0.2) is 61.9 Å². The lowest BCUT2D eigenvalue weighted by Crippen LogP contribution is -2.40. The molecule has 0 aliphatic carbocycles. The number of phosphoric ester groups is 1. The van der Waals surface area contributed by atoms with E-state index in [2.05, 4.69) is 4.31 Å². The third kappa shape index (κ3) is 8.12. The summed E-state index contributed by atoms with van der Waals surface area (Å²) in [6.07, 6.45) is -5.81. The lowest BCUT2D eigenvalue weighted by Gasteiger charge is -2.22. The van der Waals surface area contributed by atoms with Crippen LogP contribution in [0.2, 0.25) is 0 Å².